The Hall–Kier alpha value is -1.96. The van der Waals surface area contributed by atoms with Gasteiger partial charge in [0.2, 0.25) is 0 Å². The van der Waals surface area contributed by atoms with Crippen LogP contribution >= 0.6 is 0 Å². The Kier molecular flexibility index (Phi) is 8.26. The van der Waals surface area contributed by atoms with Gasteiger partial charge in [-0.25, -0.2) is 4.79 Å². The lowest BCUT2D eigenvalue weighted by molar-refractivity contribution is 0.157. The predicted molar refractivity (Wildman–Crippen MR) is 105 cm³/mol. The molecule has 0 radical (unpaired) electrons. The minimum Gasteiger partial charge on any atom is -0.447 e. The van der Waals surface area contributed by atoms with Crippen molar-refractivity contribution in [2.45, 2.75) is 82.8 Å². The van der Waals surface area contributed by atoms with Gasteiger partial charge in [0.05, 0.1) is 12.1 Å². The van der Waals surface area contributed by atoms with E-state index in [-0.39, 0.29) is 12.1 Å². The van der Waals surface area contributed by atoms with E-state index in [1.54, 1.807) is 4.90 Å². The second-order valence-electron chi connectivity index (χ2n) is 8.02. The van der Waals surface area contributed by atoms with E-state index in [9.17, 15) is 9.90 Å². The molecule has 0 spiro atoms. The van der Waals surface area contributed by atoms with Gasteiger partial charge in [-0.15, -0.1) is 10.2 Å². The molecule has 2 N–H and O–H groups in total. The normalized spacial score (nSPS) is 22.1. The molecule has 0 bridgehead atoms. The van der Waals surface area contributed by atoms with Crippen molar-refractivity contribution in [1.29, 1.82) is 0 Å². The SMILES string of the molecule is O=C1OCC(C=CC(O)CC2CCCCC2)N1CCCCCCc1nn[nH]n1. The first-order chi connectivity index (χ1) is 13.7. The van der Waals surface area contributed by atoms with Crippen molar-refractivity contribution >= 4 is 6.09 Å². The van der Waals surface area contributed by atoms with Crippen molar-refractivity contribution in [3.8, 4) is 0 Å². The standard InChI is InChI=1S/C20H33N5O3/c26-18(14-16-8-4-3-5-9-16)12-11-17-15-28-20(27)25(17)13-7-2-1-6-10-19-21-23-24-22-19/h11-12,16-18,26H,1-10,13-15H2,(H,21,22,23,24). The van der Waals surface area contributed by atoms with Crippen LogP contribution in [0, 0.1) is 5.92 Å². The van der Waals surface area contributed by atoms with Crippen LogP contribution in [0.2, 0.25) is 0 Å². The van der Waals surface area contributed by atoms with Gasteiger partial charge in [-0.1, -0.05) is 62.3 Å². The molecule has 1 saturated heterocycles. The summed E-state index contributed by atoms with van der Waals surface area (Å²) in [5, 5.41) is 24.2. The third-order valence-corrected chi connectivity index (χ3v) is 5.81. The summed E-state index contributed by atoms with van der Waals surface area (Å²) in [5.41, 5.74) is 0. The maximum atomic E-state index is 12.0. The van der Waals surface area contributed by atoms with Crippen LogP contribution in [0.4, 0.5) is 4.79 Å². The second kappa shape index (κ2) is 11.1. The van der Waals surface area contributed by atoms with E-state index in [2.05, 4.69) is 20.6 Å². The summed E-state index contributed by atoms with van der Waals surface area (Å²) in [6, 6.07) is -0.0622. The molecule has 2 atom stereocenters. The Bertz CT molecular complexity index is 601. The number of aromatic amines is 1. The molecule has 1 aliphatic carbocycles. The summed E-state index contributed by atoms with van der Waals surface area (Å²) in [7, 11) is 0. The molecular formula is C20H33N5O3. The second-order valence-corrected chi connectivity index (χ2v) is 8.02. The van der Waals surface area contributed by atoms with Crippen LogP contribution in [0.1, 0.15) is 70.0 Å². The molecule has 2 unspecified atom stereocenters. The molecule has 3 rings (SSSR count). The van der Waals surface area contributed by atoms with Gasteiger partial charge >= 0.3 is 6.09 Å². The average Bonchev–Trinajstić information content (AvgIpc) is 3.34. The van der Waals surface area contributed by atoms with E-state index in [4.69, 9.17) is 4.74 Å². The van der Waals surface area contributed by atoms with Crippen molar-refractivity contribution in [1.82, 2.24) is 25.5 Å². The van der Waals surface area contributed by atoms with Crippen LogP contribution in [0.25, 0.3) is 0 Å². The lowest BCUT2D eigenvalue weighted by atomic mass is 9.85. The monoisotopic (exact) mass is 391 g/mol. The fourth-order valence-corrected chi connectivity index (χ4v) is 4.19. The third kappa shape index (κ3) is 6.58. The van der Waals surface area contributed by atoms with Crippen LogP contribution in [0.15, 0.2) is 12.2 Å². The fraction of sp³-hybridized carbons (Fsp3) is 0.800. The number of carbonyl (C=O) groups is 1. The van der Waals surface area contributed by atoms with Crippen LogP contribution in [0.5, 0.6) is 0 Å². The molecule has 0 aromatic carbocycles. The number of unbranched alkanes of at least 4 members (excludes halogenated alkanes) is 3. The van der Waals surface area contributed by atoms with Crippen LogP contribution in [-0.2, 0) is 11.2 Å². The number of tetrazole rings is 1. The van der Waals surface area contributed by atoms with Gasteiger partial charge in [0.15, 0.2) is 5.82 Å². The summed E-state index contributed by atoms with van der Waals surface area (Å²) in [6.45, 7) is 1.07. The van der Waals surface area contributed by atoms with Crippen molar-refractivity contribution < 1.29 is 14.6 Å². The summed E-state index contributed by atoms with van der Waals surface area (Å²) in [6.07, 6.45) is 15.2. The van der Waals surface area contributed by atoms with Gasteiger partial charge in [-0.3, -0.25) is 4.90 Å². The first-order valence-electron chi connectivity index (χ1n) is 10.7. The van der Waals surface area contributed by atoms with E-state index in [0.29, 0.717) is 19.1 Å². The number of nitrogens with one attached hydrogen (secondary N) is 1. The first kappa shape index (κ1) is 20.8. The minimum absolute atomic E-state index is 0.0622. The maximum Gasteiger partial charge on any atom is 0.410 e. The highest BCUT2D eigenvalue weighted by Gasteiger charge is 2.30. The van der Waals surface area contributed by atoms with E-state index < -0.39 is 6.10 Å². The summed E-state index contributed by atoms with van der Waals surface area (Å²) in [5.74, 6) is 1.39. The highest BCUT2D eigenvalue weighted by Crippen LogP contribution is 2.27. The van der Waals surface area contributed by atoms with Gasteiger partial charge in [0.1, 0.15) is 6.61 Å². The lowest BCUT2D eigenvalue weighted by Crippen LogP contribution is -2.33. The van der Waals surface area contributed by atoms with Gasteiger partial charge in [-0.2, -0.15) is 5.21 Å². The molecule has 2 fully saturated rings. The Morgan fingerprint density at radius 2 is 2.04 bits per heavy atom. The molecule has 156 valence electrons. The number of ether oxygens (including phenoxy) is 1. The molecule has 8 nitrogen and oxygen atoms in total. The van der Waals surface area contributed by atoms with Crippen molar-refractivity contribution in [2.75, 3.05) is 13.2 Å². The lowest BCUT2D eigenvalue weighted by Gasteiger charge is -2.23. The number of aliphatic hydroxyl groups is 1. The van der Waals surface area contributed by atoms with Gasteiger partial charge < -0.3 is 9.84 Å². The molecule has 1 aromatic rings. The molecule has 1 aromatic heterocycles. The van der Waals surface area contributed by atoms with Crippen LogP contribution in [0.3, 0.4) is 0 Å². The highest BCUT2D eigenvalue weighted by molar-refractivity contribution is 5.70. The Morgan fingerprint density at radius 1 is 1.21 bits per heavy atom. The zero-order chi connectivity index (χ0) is 19.6. The average molecular weight is 392 g/mol. The van der Waals surface area contributed by atoms with Crippen molar-refractivity contribution in [3.05, 3.63) is 18.0 Å². The molecule has 1 aliphatic heterocycles. The molecule has 2 aliphatic rings. The Morgan fingerprint density at radius 3 is 2.82 bits per heavy atom. The number of hydrogen-bond acceptors (Lipinski definition) is 6. The third-order valence-electron chi connectivity index (χ3n) is 5.81. The van der Waals surface area contributed by atoms with E-state index >= 15 is 0 Å². The molecule has 28 heavy (non-hydrogen) atoms. The molecular weight excluding hydrogens is 358 g/mol. The largest absolute Gasteiger partial charge is 0.447 e. The zero-order valence-electron chi connectivity index (χ0n) is 16.6. The number of aromatic nitrogens is 4. The predicted octanol–water partition coefficient (Wildman–Crippen LogP) is 3.01. The quantitative estimate of drug-likeness (QED) is 0.444. The zero-order valence-corrected chi connectivity index (χ0v) is 16.6. The summed E-state index contributed by atoms with van der Waals surface area (Å²) >= 11 is 0. The maximum absolute atomic E-state index is 12.0. The summed E-state index contributed by atoms with van der Waals surface area (Å²) < 4.78 is 5.21. The molecule has 2 heterocycles. The van der Waals surface area contributed by atoms with Crippen molar-refractivity contribution in [2.24, 2.45) is 5.92 Å². The Balaban J connectivity index is 1.33. The number of amides is 1. The number of aryl methyl sites for hydroxylation is 1. The number of cyclic esters (lactones) is 1. The number of nitrogens with zero attached hydrogens (tertiary/aromatic N) is 4. The number of carbonyl (C=O) groups excluding carboxylic acids is 1. The van der Waals surface area contributed by atoms with Crippen molar-refractivity contribution in [3.63, 3.8) is 0 Å². The Labute approximate surface area is 166 Å². The van der Waals surface area contributed by atoms with Crippen LogP contribution in [-0.4, -0.2) is 62.0 Å². The first-order valence-corrected chi connectivity index (χ1v) is 10.7. The highest BCUT2D eigenvalue weighted by atomic mass is 16.6. The van der Waals surface area contributed by atoms with E-state index in [1.807, 2.05) is 12.2 Å². The number of H-pyrrole nitrogens is 1. The number of aliphatic hydroxyl groups excluding tert-OH is 1. The molecule has 8 heteroatoms. The fourth-order valence-electron chi connectivity index (χ4n) is 4.19. The topological polar surface area (TPSA) is 104 Å². The van der Waals surface area contributed by atoms with E-state index in [1.165, 1.54) is 32.1 Å². The van der Waals surface area contributed by atoms with Gasteiger partial charge in [-0.05, 0) is 25.2 Å². The van der Waals surface area contributed by atoms with Gasteiger partial charge in [0.25, 0.3) is 0 Å². The van der Waals surface area contributed by atoms with Gasteiger partial charge in [0, 0.05) is 13.0 Å². The molecule has 1 saturated carbocycles. The smallest absolute Gasteiger partial charge is 0.410 e. The number of hydrogen-bond donors (Lipinski definition) is 2. The minimum atomic E-state index is -0.425. The number of rotatable bonds is 11. The summed E-state index contributed by atoms with van der Waals surface area (Å²) in [4.78, 5) is 13.8. The molecule has 1 amide bonds. The van der Waals surface area contributed by atoms with E-state index in [0.717, 1.165) is 44.3 Å². The van der Waals surface area contributed by atoms with Crippen LogP contribution < -0.4 is 0 Å².